The Kier molecular flexibility index (Phi) is 8.81. The number of fused-ring (bicyclic) bond motifs is 1. The number of benzene rings is 2. The van der Waals surface area contributed by atoms with Gasteiger partial charge in [0.25, 0.3) is 0 Å². The van der Waals surface area contributed by atoms with E-state index >= 15 is 0 Å². The van der Waals surface area contributed by atoms with Crippen LogP contribution in [0, 0.1) is 5.92 Å². The second-order valence-corrected chi connectivity index (χ2v) is 8.11. The SMILES string of the molecule is CC[N+](CC)(CC)CCCC(c1ccccc1)C1Cc2ccccc2C1.[I-]. The highest BCUT2D eigenvalue weighted by Gasteiger charge is 2.30. The third-order valence-corrected chi connectivity index (χ3v) is 7.04. The molecule has 0 amide bonds. The highest BCUT2D eigenvalue weighted by Crippen LogP contribution is 2.39. The van der Waals surface area contributed by atoms with Crippen molar-refractivity contribution in [3.05, 3.63) is 71.3 Å². The summed E-state index contributed by atoms with van der Waals surface area (Å²) in [6.07, 6.45) is 5.17. The zero-order valence-electron chi connectivity index (χ0n) is 17.3. The van der Waals surface area contributed by atoms with Crippen LogP contribution >= 0.6 is 0 Å². The summed E-state index contributed by atoms with van der Waals surface area (Å²) < 4.78 is 1.27. The van der Waals surface area contributed by atoms with Crippen LogP contribution in [0.5, 0.6) is 0 Å². The monoisotopic (exact) mass is 477 g/mol. The fraction of sp³-hybridized carbons (Fsp3) is 0.520. The number of halogens is 1. The van der Waals surface area contributed by atoms with Crippen molar-refractivity contribution in [2.75, 3.05) is 26.2 Å². The van der Waals surface area contributed by atoms with Crippen LogP contribution in [0.2, 0.25) is 0 Å². The van der Waals surface area contributed by atoms with E-state index in [1.54, 1.807) is 16.7 Å². The lowest BCUT2D eigenvalue weighted by molar-refractivity contribution is -0.923. The van der Waals surface area contributed by atoms with Crippen LogP contribution in [0.25, 0.3) is 0 Å². The average Bonchev–Trinajstić information content (AvgIpc) is 3.13. The smallest absolute Gasteiger partial charge is 0.0786 e. The Hall–Kier alpha value is -0.870. The first kappa shape index (κ1) is 22.4. The van der Waals surface area contributed by atoms with Gasteiger partial charge in [0.1, 0.15) is 0 Å². The molecule has 1 aliphatic carbocycles. The highest BCUT2D eigenvalue weighted by atomic mass is 127. The molecule has 2 aromatic carbocycles. The number of hydrogen-bond acceptors (Lipinski definition) is 0. The zero-order valence-corrected chi connectivity index (χ0v) is 19.5. The van der Waals surface area contributed by atoms with Gasteiger partial charge in [-0.15, -0.1) is 0 Å². The normalized spacial score (nSPS) is 15.2. The first-order valence-corrected chi connectivity index (χ1v) is 10.7. The molecule has 2 heteroatoms. The van der Waals surface area contributed by atoms with Crippen molar-refractivity contribution in [3.8, 4) is 0 Å². The fourth-order valence-corrected chi connectivity index (χ4v) is 5.04. The molecule has 0 saturated heterocycles. The van der Waals surface area contributed by atoms with Gasteiger partial charge in [0.05, 0.1) is 26.2 Å². The Balaban J connectivity index is 0.00000261. The molecule has 0 spiro atoms. The van der Waals surface area contributed by atoms with Gasteiger partial charge in [-0.3, -0.25) is 0 Å². The molecule has 1 unspecified atom stereocenters. The van der Waals surface area contributed by atoms with Gasteiger partial charge >= 0.3 is 0 Å². The molecule has 0 aromatic heterocycles. The number of nitrogens with zero attached hydrogens (tertiary/aromatic N) is 1. The van der Waals surface area contributed by atoms with E-state index in [1.165, 1.54) is 56.3 Å². The number of hydrogen-bond donors (Lipinski definition) is 0. The summed E-state index contributed by atoms with van der Waals surface area (Å²) in [5, 5.41) is 0. The fourth-order valence-electron chi connectivity index (χ4n) is 5.04. The molecule has 0 N–H and O–H groups in total. The molecule has 0 aliphatic heterocycles. The largest absolute Gasteiger partial charge is 1.00 e. The quantitative estimate of drug-likeness (QED) is 0.385. The second kappa shape index (κ2) is 10.6. The van der Waals surface area contributed by atoms with E-state index in [2.05, 4.69) is 75.4 Å². The molecule has 1 nitrogen and oxygen atoms in total. The summed E-state index contributed by atoms with van der Waals surface area (Å²) in [4.78, 5) is 0. The van der Waals surface area contributed by atoms with Gasteiger partial charge in [-0.25, -0.2) is 0 Å². The summed E-state index contributed by atoms with van der Waals surface area (Å²) in [5.41, 5.74) is 4.71. The van der Waals surface area contributed by atoms with Crippen LogP contribution in [-0.4, -0.2) is 30.7 Å². The van der Waals surface area contributed by atoms with Crippen molar-refractivity contribution in [2.45, 2.75) is 52.4 Å². The minimum absolute atomic E-state index is 0. The molecule has 2 aromatic rings. The number of rotatable bonds is 9. The maximum atomic E-state index is 2.36. The highest BCUT2D eigenvalue weighted by molar-refractivity contribution is 5.34. The maximum absolute atomic E-state index is 2.36. The maximum Gasteiger partial charge on any atom is 0.0786 e. The topological polar surface area (TPSA) is 0 Å². The first-order chi connectivity index (χ1) is 12.7. The van der Waals surface area contributed by atoms with Crippen molar-refractivity contribution in [1.82, 2.24) is 0 Å². The van der Waals surface area contributed by atoms with E-state index in [9.17, 15) is 0 Å². The zero-order chi connectivity index (χ0) is 18.4. The summed E-state index contributed by atoms with van der Waals surface area (Å²) in [6.45, 7) is 12.2. The molecule has 0 bridgehead atoms. The van der Waals surface area contributed by atoms with Gasteiger partial charge in [-0.2, -0.15) is 0 Å². The van der Waals surface area contributed by atoms with Gasteiger partial charge in [0.2, 0.25) is 0 Å². The molecule has 27 heavy (non-hydrogen) atoms. The average molecular weight is 477 g/mol. The lowest BCUT2D eigenvalue weighted by atomic mass is 9.81. The Morgan fingerprint density at radius 3 is 1.85 bits per heavy atom. The van der Waals surface area contributed by atoms with Gasteiger partial charge in [0, 0.05) is 0 Å². The third-order valence-electron chi connectivity index (χ3n) is 7.04. The molecule has 0 fully saturated rings. The number of quaternary nitrogens is 1. The Morgan fingerprint density at radius 1 is 0.815 bits per heavy atom. The van der Waals surface area contributed by atoms with Gasteiger partial charge in [0.15, 0.2) is 0 Å². The van der Waals surface area contributed by atoms with Crippen molar-refractivity contribution < 1.29 is 28.5 Å². The minimum atomic E-state index is 0. The predicted octanol–water partition coefficient (Wildman–Crippen LogP) is 2.85. The van der Waals surface area contributed by atoms with Gasteiger partial charge in [-0.1, -0.05) is 54.6 Å². The van der Waals surface area contributed by atoms with E-state index < -0.39 is 0 Å². The van der Waals surface area contributed by atoms with Crippen LogP contribution in [0.15, 0.2) is 54.6 Å². The molecule has 0 heterocycles. The van der Waals surface area contributed by atoms with E-state index in [0.717, 1.165) is 5.92 Å². The lowest BCUT2D eigenvalue weighted by Gasteiger charge is -2.36. The van der Waals surface area contributed by atoms with Crippen LogP contribution < -0.4 is 24.0 Å². The van der Waals surface area contributed by atoms with Crippen LogP contribution in [-0.2, 0) is 12.8 Å². The molecular formula is C25H36IN. The standard InChI is InChI=1S/C25H36N.HI/c1-4-26(5-2,6-3)18-12-17-25(21-13-8-7-9-14-21)24-19-22-15-10-11-16-23(22)20-24;/h7-11,13-16,24-25H,4-6,12,17-20H2,1-3H3;1H/q+1;/p-1. The summed E-state index contributed by atoms with van der Waals surface area (Å²) in [5.74, 6) is 1.46. The molecule has 1 aliphatic rings. The van der Waals surface area contributed by atoms with E-state index in [0.29, 0.717) is 5.92 Å². The Morgan fingerprint density at radius 2 is 1.33 bits per heavy atom. The first-order valence-electron chi connectivity index (χ1n) is 10.7. The third kappa shape index (κ3) is 5.35. The summed E-state index contributed by atoms with van der Waals surface area (Å²) in [7, 11) is 0. The van der Waals surface area contributed by atoms with E-state index in [-0.39, 0.29) is 24.0 Å². The van der Waals surface area contributed by atoms with Crippen LogP contribution in [0.1, 0.15) is 56.2 Å². The lowest BCUT2D eigenvalue weighted by Crippen LogP contribution is -3.00. The summed E-state index contributed by atoms with van der Waals surface area (Å²) in [6, 6.07) is 20.4. The molecule has 1 atom stereocenters. The Labute approximate surface area is 183 Å². The molecule has 148 valence electrons. The van der Waals surface area contributed by atoms with E-state index in [1.807, 2.05) is 0 Å². The molecule has 0 saturated carbocycles. The van der Waals surface area contributed by atoms with Crippen molar-refractivity contribution >= 4 is 0 Å². The van der Waals surface area contributed by atoms with E-state index in [4.69, 9.17) is 0 Å². The van der Waals surface area contributed by atoms with Gasteiger partial charge < -0.3 is 28.5 Å². The van der Waals surface area contributed by atoms with Crippen LogP contribution in [0.3, 0.4) is 0 Å². The molecular weight excluding hydrogens is 441 g/mol. The molecule has 0 radical (unpaired) electrons. The predicted molar refractivity (Wildman–Crippen MR) is 113 cm³/mol. The molecule has 3 rings (SSSR count). The second-order valence-electron chi connectivity index (χ2n) is 8.11. The van der Waals surface area contributed by atoms with Crippen LogP contribution in [0.4, 0.5) is 0 Å². The van der Waals surface area contributed by atoms with Gasteiger partial charge in [-0.05, 0) is 75.0 Å². The van der Waals surface area contributed by atoms with Crippen molar-refractivity contribution in [1.29, 1.82) is 0 Å². The summed E-state index contributed by atoms with van der Waals surface area (Å²) >= 11 is 0. The van der Waals surface area contributed by atoms with Crippen molar-refractivity contribution in [3.63, 3.8) is 0 Å². The Bertz CT molecular complexity index is 644. The van der Waals surface area contributed by atoms with Crippen molar-refractivity contribution in [2.24, 2.45) is 5.92 Å². The minimum Gasteiger partial charge on any atom is -1.00 e.